The van der Waals surface area contributed by atoms with Crippen LogP contribution >= 0.6 is 0 Å². The highest BCUT2D eigenvalue weighted by atomic mass is 16.5. The van der Waals surface area contributed by atoms with Crippen LogP contribution in [0.1, 0.15) is 33.1 Å². The fourth-order valence-corrected chi connectivity index (χ4v) is 2.12. The lowest BCUT2D eigenvalue weighted by Crippen LogP contribution is -2.49. The topological polar surface area (TPSA) is 58.6 Å². The van der Waals surface area contributed by atoms with Crippen molar-refractivity contribution in [3.8, 4) is 0 Å². The summed E-state index contributed by atoms with van der Waals surface area (Å²) in [6, 6.07) is -0.244. The lowest BCUT2D eigenvalue weighted by Gasteiger charge is -2.33. The predicted octanol–water partition coefficient (Wildman–Crippen LogP) is 0.540. The molecule has 1 N–H and O–H groups in total. The van der Waals surface area contributed by atoms with Gasteiger partial charge in [0.1, 0.15) is 6.04 Å². The maximum atomic E-state index is 11.8. The molecule has 1 unspecified atom stereocenters. The number of esters is 1. The van der Waals surface area contributed by atoms with Crippen molar-refractivity contribution in [3.05, 3.63) is 0 Å². The molecule has 1 fully saturated rings. The van der Waals surface area contributed by atoms with Crippen molar-refractivity contribution in [2.45, 2.75) is 39.2 Å². The molecule has 0 aromatic rings. The second-order valence-corrected chi connectivity index (χ2v) is 4.19. The Labute approximate surface area is 102 Å². The summed E-state index contributed by atoms with van der Waals surface area (Å²) >= 11 is 0. The van der Waals surface area contributed by atoms with Crippen LogP contribution < -0.4 is 5.32 Å². The van der Waals surface area contributed by atoms with Crippen LogP contribution in [-0.4, -0.2) is 49.1 Å². The number of hydrogen-bond acceptors (Lipinski definition) is 4. The number of carbonyl (C=O) groups excluding carboxylic acids is 2. The van der Waals surface area contributed by atoms with Gasteiger partial charge in [-0.2, -0.15) is 0 Å². The van der Waals surface area contributed by atoms with E-state index in [1.807, 2.05) is 11.8 Å². The Morgan fingerprint density at radius 3 is 2.76 bits per heavy atom. The number of amides is 1. The Balaban J connectivity index is 2.53. The van der Waals surface area contributed by atoms with Gasteiger partial charge in [-0.15, -0.1) is 0 Å². The fourth-order valence-electron chi connectivity index (χ4n) is 2.12. The van der Waals surface area contributed by atoms with E-state index in [0.717, 1.165) is 25.8 Å². The van der Waals surface area contributed by atoms with Gasteiger partial charge in [-0.1, -0.05) is 6.42 Å². The van der Waals surface area contributed by atoms with Crippen LogP contribution in [0, 0.1) is 0 Å². The summed E-state index contributed by atoms with van der Waals surface area (Å²) in [4.78, 5) is 25.2. The fraction of sp³-hybridized carbons (Fsp3) is 0.833. The third kappa shape index (κ3) is 4.34. The van der Waals surface area contributed by atoms with Crippen LogP contribution in [0.25, 0.3) is 0 Å². The van der Waals surface area contributed by atoms with Gasteiger partial charge < -0.3 is 10.1 Å². The zero-order valence-corrected chi connectivity index (χ0v) is 10.7. The molecule has 1 atom stereocenters. The molecule has 0 aromatic heterocycles. The van der Waals surface area contributed by atoms with Crippen LogP contribution in [0.3, 0.4) is 0 Å². The minimum Gasteiger partial charge on any atom is -0.465 e. The van der Waals surface area contributed by atoms with E-state index in [0.29, 0.717) is 13.2 Å². The van der Waals surface area contributed by atoms with Gasteiger partial charge in [0.15, 0.2) is 0 Å². The summed E-state index contributed by atoms with van der Waals surface area (Å²) in [5.74, 6) is -0.222. The number of likely N-dealkylation sites (N-methyl/N-ethyl adjacent to an activating group) is 1. The molecular formula is C12H22N2O3. The van der Waals surface area contributed by atoms with Crippen LogP contribution in [0.2, 0.25) is 0 Å². The molecule has 0 radical (unpaired) electrons. The van der Waals surface area contributed by atoms with Crippen molar-refractivity contribution in [1.29, 1.82) is 0 Å². The van der Waals surface area contributed by atoms with Gasteiger partial charge in [-0.05, 0) is 33.2 Å². The highest BCUT2D eigenvalue weighted by molar-refractivity contribution is 5.80. The second kappa shape index (κ2) is 7.27. The number of likely N-dealkylation sites (tertiary alicyclic amines) is 1. The summed E-state index contributed by atoms with van der Waals surface area (Å²) in [6.07, 6.45) is 2.85. The molecular weight excluding hydrogens is 220 g/mol. The third-order valence-corrected chi connectivity index (χ3v) is 2.89. The molecule has 0 bridgehead atoms. The standard InChI is InChI=1S/C12H22N2O3/c1-3-13-11(15)9-14-8-6-5-7-10(14)12(16)17-4-2/h10H,3-9H2,1-2H3,(H,13,15). The molecule has 0 spiro atoms. The normalized spacial score (nSPS) is 20.9. The van der Waals surface area contributed by atoms with Gasteiger partial charge >= 0.3 is 5.97 Å². The molecule has 0 aliphatic carbocycles. The summed E-state index contributed by atoms with van der Waals surface area (Å²) in [5.41, 5.74) is 0. The van der Waals surface area contributed by atoms with Crippen molar-refractivity contribution >= 4 is 11.9 Å². The highest BCUT2D eigenvalue weighted by Gasteiger charge is 2.30. The van der Waals surface area contributed by atoms with Gasteiger partial charge in [0.25, 0.3) is 0 Å². The first-order valence-electron chi connectivity index (χ1n) is 6.36. The predicted molar refractivity (Wildman–Crippen MR) is 64.5 cm³/mol. The monoisotopic (exact) mass is 242 g/mol. The smallest absolute Gasteiger partial charge is 0.323 e. The summed E-state index contributed by atoms with van der Waals surface area (Å²) < 4.78 is 5.04. The van der Waals surface area contributed by atoms with Gasteiger partial charge in [-0.25, -0.2) is 0 Å². The minimum atomic E-state index is -0.244. The van der Waals surface area contributed by atoms with Gasteiger partial charge in [-0.3, -0.25) is 14.5 Å². The zero-order chi connectivity index (χ0) is 12.7. The Hall–Kier alpha value is -1.10. The Bertz CT molecular complexity index is 268. The average molecular weight is 242 g/mol. The van der Waals surface area contributed by atoms with Crippen LogP contribution in [-0.2, 0) is 14.3 Å². The molecule has 1 aliphatic rings. The molecule has 5 nitrogen and oxygen atoms in total. The van der Waals surface area contributed by atoms with Crippen LogP contribution in [0.4, 0.5) is 0 Å². The molecule has 0 aromatic carbocycles. The highest BCUT2D eigenvalue weighted by Crippen LogP contribution is 2.17. The number of piperidine rings is 1. The lowest BCUT2D eigenvalue weighted by molar-refractivity contribution is -0.151. The summed E-state index contributed by atoms with van der Waals surface area (Å²) in [5, 5.41) is 2.75. The van der Waals surface area contributed by atoms with E-state index in [4.69, 9.17) is 4.74 Å². The second-order valence-electron chi connectivity index (χ2n) is 4.19. The maximum absolute atomic E-state index is 11.8. The Morgan fingerprint density at radius 2 is 2.12 bits per heavy atom. The molecule has 5 heteroatoms. The number of nitrogens with zero attached hydrogens (tertiary/aromatic N) is 1. The number of carbonyl (C=O) groups is 2. The van der Waals surface area contributed by atoms with E-state index in [9.17, 15) is 9.59 Å². The molecule has 1 aliphatic heterocycles. The molecule has 0 saturated carbocycles. The Kier molecular flexibility index (Phi) is 5.97. The minimum absolute atomic E-state index is 0.0244. The number of hydrogen-bond donors (Lipinski definition) is 1. The largest absolute Gasteiger partial charge is 0.465 e. The molecule has 98 valence electrons. The van der Waals surface area contributed by atoms with Crippen LogP contribution in [0.15, 0.2) is 0 Å². The van der Waals surface area contributed by atoms with Crippen molar-refractivity contribution in [3.63, 3.8) is 0 Å². The molecule has 1 heterocycles. The molecule has 17 heavy (non-hydrogen) atoms. The quantitative estimate of drug-likeness (QED) is 0.715. The molecule has 1 saturated heterocycles. The number of ether oxygens (including phenoxy) is 1. The maximum Gasteiger partial charge on any atom is 0.323 e. The van der Waals surface area contributed by atoms with E-state index < -0.39 is 0 Å². The number of rotatable bonds is 5. The summed E-state index contributed by atoms with van der Waals surface area (Å²) in [7, 11) is 0. The SMILES string of the molecule is CCNC(=O)CN1CCCCC1C(=O)OCC. The van der Waals surface area contributed by atoms with E-state index in [1.54, 1.807) is 6.92 Å². The summed E-state index contributed by atoms with van der Waals surface area (Å²) in [6.45, 7) is 5.78. The first kappa shape index (κ1) is 14.0. The van der Waals surface area contributed by atoms with Crippen LogP contribution in [0.5, 0.6) is 0 Å². The first-order chi connectivity index (χ1) is 8.19. The first-order valence-corrected chi connectivity index (χ1v) is 6.36. The van der Waals surface area contributed by atoms with E-state index >= 15 is 0 Å². The van der Waals surface area contributed by atoms with Crippen molar-refractivity contribution in [1.82, 2.24) is 10.2 Å². The zero-order valence-electron chi connectivity index (χ0n) is 10.7. The van der Waals surface area contributed by atoms with E-state index in [1.165, 1.54) is 0 Å². The third-order valence-electron chi connectivity index (χ3n) is 2.89. The van der Waals surface area contributed by atoms with Gasteiger partial charge in [0, 0.05) is 6.54 Å². The lowest BCUT2D eigenvalue weighted by atomic mass is 10.0. The molecule has 1 amide bonds. The Morgan fingerprint density at radius 1 is 1.35 bits per heavy atom. The van der Waals surface area contributed by atoms with Crippen molar-refractivity contribution in [2.24, 2.45) is 0 Å². The number of nitrogens with one attached hydrogen (secondary N) is 1. The van der Waals surface area contributed by atoms with Crippen molar-refractivity contribution in [2.75, 3.05) is 26.2 Å². The van der Waals surface area contributed by atoms with E-state index in [-0.39, 0.29) is 24.5 Å². The average Bonchev–Trinajstić information content (AvgIpc) is 2.30. The van der Waals surface area contributed by atoms with Gasteiger partial charge in [0.2, 0.25) is 5.91 Å². The van der Waals surface area contributed by atoms with Gasteiger partial charge in [0.05, 0.1) is 13.2 Å². The van der Waals surface area contributed by atoms with E-state index in [2.05, 4.69) is 5.32 Å². The van der Waals surface area contributed by atoms with Crippen molar-refractivity contribution < 1.29 is 14.3 Å². The molecule has 1 rings (SSSR count).